The molecule has 2 aromatic carbocycles. The van der Waals surface area contributed by atoms with E-state index in [-0.39, 0.29) is 0 Å². The molecular weight excluding hydrogens is 285 g/mol. The first kappa shape index (κ1) is 13.8. The van der Waals surface area contributed by atoms with Crippen molar-refractivity contribution in [3.05, 3.63) is 63.6 Å². The van der Waals surface area contributed by atoms with Gasteiger partial charge in [-0.25, -0.2) is 0 Å². The van der Waals surface area contributed by atoms with E-state index in [4.69, 9.17) is 28.9 Å². The molecule has 4 heteroatoms. The summed E-state index contributed by atoms with van der Waals surface area (Å²) in [7, 11) is 0. The van der Waals surface area contributed by atoms with Gasteiger partial charge in [0.15, 0.2) is 0 Å². The van der Waals surface area contributed by atoms with E-state index in [0.29, 0.717) is 6.54 Å². The van der Waals surface area contributed by atoms with E-state index in [0.717, 1.165) is 26.3 Å². The lowest BCUT2D eigenvalue weighted by Crippen LogP contribution is -1.98. The van der Waals surface area contributed by atoms with Gasteiger partial charge in [0.05, 0.1) is 0 Å². The van der Waals surface area contributed by atoms with Crippen molar-refractivity contribution >= 4 is 35.0 Å². The third kappa shape index (κ3) is 3.66. The van der Waals surface area contributed by atoms with Crippen LogP contribution in [0.4, 0.5) is 0 Å². The molecule has 2 aromatic rings. The number of nitrogens with two attached hydrogens (primary N) is 1. The van der Waals surface area contributed by atoms with Crippen LogP contribution in [-0.2, 0) is 12.3 Å². The predicted octanol–water partition coefficient (Wildman–Crippen LogP) is 4.74. The fourth-order valence-corrected chi connectivity index (χ4v) is 3.00. The van der Waals surface area contributed by atoms with Crippen LogP contribution >= 0.6 is 35.0 Å². The Morgan fingerprint density at radius 3 is 2.28 bits per heavy atom. The van der Waals surface area contributed by atoms with Gasteiger partial charge in [-0.3, -0.25) is 0 Å². The number of benzene rings is 2. The molecule has 0 atom stereocenters. The molecule has 0 fully saturated rings. The van der Waals surface area contributed by atoms with Crippen LogP contribution in [0.2, 0.25) is 10.0 Å². The molecule has 0 amide bonds. The van der Waals surface area contributed by atoms with Crippen LogP contribution in [0.25, 0.3) is 0 Å². The fourth-order valence-electron chi connectivity index (χ4n) is 1.57. The van der Waals surface area contributed by atoms with E-state index in [1.54, 1.807) is 11.8 Å². The van der Waals surface area contributed by atoms with Gasteiger partial charge in [-0.15, -0.1) is 11.8 Å². The van der Waals surface area contributed by atoms with Crippen LogP contribution in [0.5, 0.6) is 0 Å². The zero-order chi connectivity index (χ0) is 13.0. The molecule has 0 saturated heterocycles. The second kappa shape index (κ2) is 6.48. The zero-order valence-electron chi connectivity index (χ0n) is 9.70. The first-order valence-electron chi connectivity index (χ1n) is 5.55. The first-order chi connectivity index (χ1) is 8.69. The molecule has 0 heterocycles. The fraction of sp³-hybridized carbons (Fsp3) is 0.143. The van der Waals surface area contributed by atoms with Gasteiger partial charge >= 0.3 is 0 Å². The van der Waals surface area contributed by atoms with Gasteiger partial charge in [-0.2, -0.15) is 0 Å². The number of rotatable bonds is 4. The maximum absolute atomic E-state index is 6.00. The van der Waals surface area contributed by atoms with Gasteiger partial charge < -0.3 is 5.73 Å². The minimum atomic E-state index is 0.528. The largest absolute Gasteiger partial charge is 0.326 e. The van der Waals surface area contributed by atoms with E-state index in [1.165, 1.54) is 5.56 Å². The smallest absolute Gasteiger partial charge is 0.0417 e. The third-order valence-electron chi connectivity index (χ3n) is 2.56. The monoisotopic (exact) mass is 297 g/mol. The molecule has 0 aromatic heterocycles. The molecule has 2 rings (SSSR count). The molecule has 94 valence electrons. The van der Waals surface area contributed by atoms with Crippen LogP contribution in [0.15, 0.2) is 47.4 Å². The Bertz CT molecular complexity index is 526. The zero-order valence-corrected chi connectivity index (χ0v) is 12.0. The standard InChI is InChI=1S/C14H13Cl2NS/c15-12-4-1-10(2-5-12)9-18-14-7-13(16)6-3-11(14)8-17/h1-7H,8-9,17H2. The maximum Gasteiger partial charge on any atom is 0.0417 e. The van der Waals surface area contributed by atoms with Gasteiger partial charge in [0.2, 0.25) is 0 Å². The molecule has 0 spiro atoms. The third-order valence-corrected chi connectivity index (χ3v) is 4.21. The normalized spacial score (nSPS) is 10.6. The molecule has 0 bridgehead atoms. The summed E-state index contributed by atoms with van der Waals surface area (Å²) in [6.07, 6.45) is 0. The summed E-state index contributed by atoms with van der Waals surface area (Å²) in [6, 6.07) is 13.7. The van der Waals surface area contributed by atoms with E-state index < -0.39 is 0 Å². The topological polar surface area (TPSA) is 26.0 Å². The van der Waals surface area contributed by atoms with Crippen molar-refractivity contribution in [1.82, 2.24) is 0 Å². The molecule has 18 heavy (non-hydrogen) atoms. The highest BCUT2D eigenvalue weighted by atomic mass is 35.5. The molecule has 0 unspecified atom stereocenters. The summed E-state index contributed by atoms with van der Waals surface area (Å²) in [5, 5.41) is 1.50. The van der Waals surface area contributed by atoms with Crippen molar-refractivity contribution in [2.75, 3.05) is 0 Å². The predicted molar refractivity (Wildman–Crippen MR) is 80.4 cm³/mol. The lowest BCUT2D eigenvalue weighted by molar-refractivity contribution is 1.03. The molecule has 0 aliphatic rings. The Morgan fingerprint density at radius 2 is 1.61 bits per heavy atom. The molecule has 0 aliphatic carbocycles. The Balaban J connectivity index is 2.09. The summed E-state index contributed by atoms with van der Waals surface area (Å²) in [5.74, 6) is 0.879. The van der Waals surface area contributed by atoms with E-state index in [9.17, 15) is 0 Å². The minimum absolute atomic E-state index is 0.528. The van der Waals surface area contributed by atoms with Crippen LogP contribution in [0, 0.1) is 0 Å². The average Bonchev–Trinajstić information content (AvgIpc) is 2.38. The van der Waals surface area contributed by atoms with E-state index in [2.05, 4.69) is 0 Å². The highest BCUT2D eigenvalue weighted by Gasteiger charge is 2.03. The highest BCUT2D eigenvalue weighted by molar-refractivity contribution is 7.98. The van der Waals surface area contributed by atoms with Crippen molar-refractivity contribution in [2.45, 2.75) is 17.2 Å². The van der Waals surface area contributed by atoms with Crippen molar-refractivity contribution in [3.63, 3.8) is 0 Å². The molecule has 0 radical (unpaired) electrons. The van der Waals surface area contributed by atoms with E-state index >= 15 is 0 Å². The van der Waals surface area contributed by atoms with Gasteiger partial charge in [-0.05, 0) is 35.4 Å². The Hall–Kier alpha value is -0.670. The van der Waals surface area contributed by atoms with Crippen LogP contribution < -0.4 is 5.73 Å². The quantitative estimate of drug-likeness (QED) is 0.825. The highest BCUT2D eigenvalue weighted by Crippen LogP contribution is 2.29. The summed E-state index contributed by atoms with van der Waals surface area (Å²) in [6.45, 7) is 0.528. The first-order valence-corrected chi connectivity index (χ1v) is 7.29. The number of thioether (sulfide) groups is 1. The van der Waals surface area contributed by atoms with Crippen LogP contribution in [-0.4, -0.2) is 0 Å². The van der Waals surface area contributed by atoms with Crippen molar-refractivity contribution < 1.29 is 0 Å². The SMILES string of the molecule is NCc1ccc(Cl)cc1SCc1ccc(Cl)cc1. The Kier molecular flexibility index (Phi) is 4.95. The Labute approximate surface area is 121 Å². The van der Waals surface area contributed by atoms with E-state index in [1.807, 2.05) is 42.5 Å². The molecule has 0 aliphatic heterocycles. The Morgan fingerprint density at radius 1 is 0.944 bits per heavy atom. The van der Waals surface area contributed by atoms with Crippen LogP contribution in [0.1, 0.15) is 11.1 Å². The number of hydrogen-bond donors (Lipinski definition) is 1. The summed E-state index contributed by atoms with van der Waals surface area (Å²) >= 11 is 13.6. The molecule has 1 nitrogen and oxygen atoms in total. The van der Waals surface area contributed by atoms with Crippen molar-refractivity contribution in [2.24, 2.45) is 5.73 Å². The maximum atomic E-state index is 6.00. The van der Waals surface area contributed by atoms with Gasteiger partial charge in [0, 0.05) is 27.2 Å². The van der Waals surface area contributed by atoms with Gasteiger partial charge in [-0.1, -0.05) is 41.4 Å². The lowest BCUT2D eigenvalue weighted by Gasteiger charge is -2.08. The van der Waals surface area contributed by atoms with Gasteiger partial charge in [0.25, 0.3) is 0 Å². The van der Waals surface area contributed by atoms with Crippen molar-refractivity contribution in [1.29, 1.82) is 0 Å². The van der Waals surface area contributed by atoms with Crippen molar-refractivity contribution in [3.8, 4) is 0 Å². The van der Waals surface area contributed by atoms with Gasteiger partial charge in [0.1, 0.15) is 0 Å². The second-order valence-corrected chi connectivity index (χ2v) is 5.76. The number of halogens is 2. The second-order valence-electron chi connectivity index (χ2n) is 3.87. The van der Waals surface area contributed by atoms with Crippen LogP contribution in [0.3, 0.4) is 0 Å². The molecule has 0 saturated carbocycles. The molecular formula is C14H13Cl2NS. The minimum Gasteiger partial charge on any atom is -0.326 e. The number of hydrogen-bond acceptors (Lipinski definition) is 2. The summed E-state index contributed by atoms with van der Waals surface area (Å²) in [4.78, 5) is 1.14. The summed E-state index contributed by atoms with van der Waals surface area (Å²) < 4.78 is 0. The lowest BCUT2D eigenvalue weighted by atomic mass is 10.2. The molecule has 2 N–H and O–H groups in total. The summed E-state index contributed by atoms with van der Waals surface area (Å²) in [5.41, 5.74) is 8.07. The average molecular weight is 298 g/mol.